The molecule has 5 aromatic heterocycles. The summed E-state index contributed by atoms with van der Waals surface area (Å²) in [5.74, 6) is 1.74. The molecule has 0 bridgehead atoms. The van der Waals surface area contributed by atoms with E-state index in [1.807, 2.05) is 0 Å². The molecule has 8 aromatic carbocycles. The third-order valence-electron chi connectivity index (χ3n) is 11.9. The molecule has 13 rings (SSSR count). The molecule has 0 spiro atoms. The average molecular weight is 727 g/mol. The summed E-state index contributed by atoms with van der Waals surface area (Å²) in [4.78, 5) is 16.1. The van der Waals surface area contributed by atoms with Gasteiger partial charge in [0.05, 0.1) is 38.6 Å². The van der Waals surface area contributed by atoms with Crippen molar-refractivity contribution in [1.29, 1.82) is 0 Å². The SMILES string of the molecule is c1ccc(-c2nc(-n3c4ccccc4c4ccccc43)nc(-n3c4ccccc4c4ccccc43)n2)c(-c2ccc3c(c2)c2cccc4c5ccccc5n3c42)c1. The molecule has 0 saturated carbocycles. The molecule has 0 amide bonds. The van der Waals surface area contributed by atoms with Crippen LogP contribution in [0.15, 0.2) is 182 Å². The van der Waals surface area contributed by atoms with E-state index in [1.165, 1.54) is 38.1 Å². The smallest absolute Gasteiger partial charge is 0.240 e. The minimum absolute atomic E-state index is 0.566. The van der Waals surface area contributed by atoms with E-state index < -0.39 is 0 Å². The zero-order valence-electron chi connectivity index (χ0n) is 30.5. The lowest BCUT2D eigenvalue weighted by molar-refractivity contribution is 0.893. The van der Waals surface area contributed by atoms with Crippen molar-refractivity contribution in [1.82, 2.24) is 28.5 Å². The molecule has 0 N–H and O–H groups in total. The Balaban J connectivity index is 1.10. The number of nitrogens with zero attached hydrogens (tertiary/aromatic N) is 6. The Morgan fingerprint density at radius 1 is 0.298 bits per heavy atom. The molecule has 0 unspecified atom stereocenters. The first kappa shape index (κ1) is 30.5. The van der Waals surface area contributed by atoms with Crippen molar-refractivity contribution in [3.05, 3.63) is 182 Å². The van der Waals surface area contributed by atoms with Gasteiger partial charge in [-0.25, -0.2) is 0 Å². The summed E-state index contributed by atoms with van der Waals surface area (Å²) < 4.78 is 6.79. The van der Waals surface area contributed by atoms with Gasteiger partial charge in [-0.3, -0.25) is 9.13 Å². The fraction of sp³-hybridized carbons (Fsp3) is 0. The highest BCUT2D eigenvalue weighted by Gasteiger charge is 2.23. The highest BCUT2D eigenvalue weighted by Crippen LogP contribution is 2.42. The van der Waals surface area contributed by atoms with Crippen LogP contribution in [-0.2, 0) is 0 Å². The van der Waals surface area contributed by atoms with E-state index in [0.717, 1.165) is 60.3 Å². The zero-order valence-corrected chi connectivity index (χ0v) is 30.5. The number of hydrogen-bond donors (Lipinski definition) is 0. The molecule has 264 valence electrons. The van der Waals surface area contributed by atoms with Crippen LogP contribution >= 0.6 is 0 Å². The molecule has 0 aliphatic rings. The molecule has 6 nitrogen and oxygen atoms in total. The second kappa shape index (κ2) is 11.4. The Kier molecular flexibility index (Phi) is 6.07. The number of rotatable bonds is 4. The van der Waals surface area contributed by atoms with Crippen molar-refractivity contribution in [2.24, 2.45) is 0 Å². The first-order valence-corrected chi connectivity index (χ1v) is 19.3. The van der Waals surface area contributed by atoms with E-state index in [2.05, 4.69) is 196 Å². The molecular weight excluding hydrogens is 697 g/mol. The van der Waals surface area contributed by atoms with Gasteiger partial charge in [0.2, 0.25) is 11.9 Å². The Bertz CT molecular complexity index is 3530. The number of para-hydroxylation sites is 6. The first-order chi connectivity index (χ1) is 28.3. The van der Waals surface area contributed by atoms with Crippen molar-refractivity contribution in [3.8, 4) is 34.4 Å². The topological polar surface area (TPSA) is 52.9 Å². The summed E-state index contributed by atoms with van der Waals surface area (Å²) in [6.45, 7) is 0. The van der Waals surface area contributed by atoms with E-state index >= 15 is 0 Å². The summed E-state index contributed by atoms with van der Waals surface area (Å²) in [7, 11) is 0. The lowest BCUT2D eigenvalue weighted by Crippen LogP contribution is -2.10. The quantitative estimate of drug-likeness (QED) is 0.181. The fourth-order valence-electron chi connectivity index (χ4n) is 9.48. The number of fused-ring (bicyclic) bond motifs is 12. The highest BCUT2D eigenvalue weighted by molar-refractivity contribution is 6.23. The van der Waals surface area contributed by atoms with Crippen molar-refractivity contribution < 1.29 is 0 Å². The van der Waals surface area contributed by atoms with Crippen molar-refractivity contribution >= 4 is 81.7 Å². The molecule has 57 heavy (non-hydrogen) atoms. The maximum absolute atomic E-state index is 5.39. The summed E-state index contributed by atoms with van der Waals surface area (Å²) in [5, 5.41) is 9.65. The van der Waals surface area contributed by atoms with Crippen LogP contribution in [0.2, 0.25) is 0 Å². The van der Waals surface area contributed by atoms with Crippen LogP contribution in [0.5, 0.6) is 0 Å². The number of benzene rings is 8. The summed E-state index contributed by atoms with van der Waals surface area (Å²) in [6.07, 6.45) is 0. The molecule has 0 radical (unpaired) electrons. The second-order valence-electron chi connectivity index (χ2n) is 14.8. The maximum Gasteiger partial charge on any atom is 0.240 e. The Morgan fingerprint density at radius 2 is 0.702 bits per heavy atom. The van der Waals surface area contributed by atoms with Gasteiger partial charge >= 0.3 is 0 Å². The van der Waals surface area contributed by atoms with E-state index in [1.54, 1.807) is 0 Å². The average Bonchev–Trinajstić information content (AvgIpc) is 4.01. The zero-order chi connectivity index (χ0) is 37.2. The van der Waals surface area contributed by atoms with Crippen molar-refractivity contribution in [3.63, 3.8) is 0 Å². The molecule has 6 heteroatoms. The molecule has 0 atom stereocenters. The van der Waals surface area contributed by atoms with E-state index in [0.29, 0.717) is 17.7 Å². The number of aromatic nitrogens is 6. The third-order valence-corrected chi connectivity index (χ3v) is 11.9. The Morgan fingerprint density at radius 3 is 1.25 bits per heavy atom. The van der Waals surface area contributed by atoms with Crippen molar-refractivity contribution in [2.45, 2.75) is 0 Å². The summed E-state index contributed by atoms with van der Waals surface area (Å²) in [6, 6.07) is 64.7. The van der Waals surface area contributed by atoms with Crippen LogP contribution in [0.1, 0.15) is 0 Å². The van der Waals surface area contributed by atoms with Crippen LogP contribution in [-0.4, -0.2) is 28.5 Å². The highest BCUT2D eigenvalue weighted by atomic mass is 15.3. The van der Waals surface area contributed by atoms with E-state index in [-0.39, 0.29) is 0 Å². The normalized spacial score (nSPS) is 12.2. The molecule has 0 saturated heterocycles. The molecular formula is C51H30N6. The van der Waals surface area contributed by atoms with Crippen LogP contribution in [0.4, 0.5) is 0 Å². The van der Waals surface area contributed by atoms with Gasteiger partial charge in [0.15, 0.2) is 5.82 Å². The van der Waals surface area contributed by atoms with Gasteiger partial charge in [-0.05, 0) is 53.6 Å². The second-order valence-corrected chi connectivity index (χ2v) is 14.8. The van der Waals surface area contributed by atoms with Gasteiger partial charge in [-0.1, -0.05) is 140 Å². The van der Waals surface area contributed by atoms with E-state index in [9.17, 15) is 0 Å². The monoisotopic (exact) mass is 726 g/mol. The van der Waals surface area contributed by atoms with Crippen molar-refractivity contribution in [2.75, 3.05) is 0 Å². The standard InChI is InChI=1S/C51H30N6/c1-2-20-40(32(14-1)31-28-29-47-41(30-31)39-22-13-21-38-37-19-7-8-23-42(37)55(47)48(38)39)49-52-50(56-43-24-9-3-15-33(43)34-16-4-10-25-44(34)56)54-51(53-49)57-45-26-11-5-17-35(45)36-18-6-12-27-46(36)57/h1-30H. The third kappa shape index (κ3) is 4.16. The van der Waals surface area contributed by atoms with Gasteiger partial charge in [0.1, 0.15) is 0 Å². The van der Waals surface area contributed by atoms with Crippen LogP contribution in [0, 0.1) is 0 Å². The molecule has 0 aliphatic heterocycles. The minimum atomic E-state index is 0.566. The summed E-state index contributed by atoms with van der Waals surface area (Å²) >= 11 is 0. The Labute approximate surface area is 325 Å². The fourth-order valence-corrected chi connectivity index (χ4v) is 9.48. The molecule has 0 fully saturated rings. The van der Waals surface area contributed by atoms with Crippen LogP contribution < -0.4 is 0 Å². The number of hydrogen-bond acceptors (Lipinski definition) is 3. The van der Waals surface area contributed by atoms with Gasteiger partial charge in [0.25, 0.3) is 0 Å². The molecule has 5 heterocycles. The lowest BCUT2D eigenvalue weighted by atomic mass is 9.97. The van der Waals surface area contributed by atoms with Crippen LogP contribution in [0.25, 0.3) is 116 Å². The first-order valence-electron chi connectivity index (χ1n) is 19.3. The largest absolute Gasteiger partial charge is 0.308 e. The van der Waals surface area contributed by atoms with Gasteiger partial charge < -0.3 is 4.40 Å². The van der Waals surface area contributed by atoms with Gasteiger partial charge in [-0.15, -0.1) is 0 Å². The molecule has 0 aliphatic carbocycles. The van der Waals surface area contributed by atoms with Gasteiger partial charge in [0, 0.05) is 48.7 Å². The lowest BCUT2D eigenvalue weighted by Gasteiger charge is -2.14. The minimum Gasteiger partial charge on any atom is -0.308 e. The van der Waals surface area contributed by atoms with Gasteiger partial charge in [-0.2, -0.15) is 15.0 Å². The van der Waals surface area contributed by atoms with E-state index in [4.69, 9.17) is 15.0 Å². The van der Waals surface area contributed by atoms with Crippen LogP contribution in [0.3, 0.4) is 0 Å². The predicted molar refractivity (Wildman–Crippen MR) is 234 cm³/mol. The summed E-state index contributed by atoms with van der Waals surface area (Å²) in [5.41, 5.74) is 11.0. The Hall–Kier alpha value is -7.83. The molecule has 13 aromatic rings. The maximum atomic E-state index is 5.39. The predicted octanol–water partition coefficient (Wildman–Crippen LogP) is 12.5.